The number of nitrogens with one attached hydrogen (secondary N) is 2. The molecule has 90 valence electrons. The third-order valence-electron chi connectivity index (χ3n) is 2.46. The molecule has 4 N–H and O–H groups in total. The lowest BCUT2D eigenvalue weighted by atomic mass is 10.0. The van der Waals surface area contributed by atoms with E-state index in [0.717, 1.165) is 0 Å². The molecule has 17 heavy (non-hydrogen) atoms. The van der Waals surface area contributed by atoms with Gasteiger partial charge in [-0.3, -0.25) is 11.3 Å². The molecular formula is C10H11F2N5. The zero-order valence-electron chi connectivity index (χ0n) is 8.82. The minimum atomic E-state index is -0.603. The fourth-order valence-electron chi connectivity index (χ4n) is 1.56. The first-order chi connectivity index (χ1) is 8.22. The minimum Gasteiger partial charge on any atom is -0.271 e. The van der Waals surface area contributed by atoms with E-state index < -0.39 is 17.7 Å². The number of hydrogen-bond donors (Lipinski definition) is 3. The summed E-state index contributed by atoms with van der Waals surface area (Å²) in [5, 5.41) is 9.85. The number of nitrogens with zero attached hydrogens (tertiary/aromatic N) is 2. The second-order valence-corrected chi connectivity index (χ2v) is 3.52. The topological polar surface area (TPSA) is 79.6 Å². The Morgan fingerprint density at radius 2 is 2.06 bits per heavy atom. The summed E-state index contributed by atoms with van der Waals surface area (Å²) in [6.07, 6.45) is 1.50. The van der Waals surface area contributed by atoms with Crippen LogP contribution in [0.15, 0.2) is 24.4 Å². The standard InChI is InChI=1S/C10H11F2N5/c11-7-2-1-3-8(12)6(7)4-9(15-13)10-5-14-17-16-10/h1-3,5,9,15H,4,13H2,(H,14,16,17). The quantitative estimate of drug-likeness (QED) is 0.545. The maximum Gasteiger partial charge on any atom is 0.129 e. The van der Waals surface area contributed by atoms with Gasteiger partial charge in [-0.1, -0.05) is 6.07 Å². The fraction of sp³-hybridized carbons (Fsp3) is 0.200. The van der Waals surface area contributed by atoms with Crippen molar-refractivity contribution in [3.05, 3.63) is 47.3 Å². The molecule has 2 aromatic rings. The monoisotopic (exact) mass is 239 g/mol. The highest BCUT2D eigenvalue weighted by Crippen LogP contribution is 2.19. The predicted octanol–water partition coefficient (Wildman–Crippen LogP) is 0.830. The Balaban J connectivity index is 2.25. The molecule has 0 fully saturated rings. The Morgan fingerprint density at radius 3 is 2.59 bits per heavy atom. The minimum absolute atomic E-state index is 0.0292. The van der Waals surface area contributed by atoms with Crippen LogP contribution >= 0.6 is 0 Å². The molecule has 7 heteroatoms. The summed E-state index contributed by atoms with van der Waals surface area (Å²) in [5.74, 6) is 4.13. The van der Waals surface area contributed by atoms with Crippen LogP contribution in [-0.2, 0) is 6.42 Å². The Bertz CT molecular complexity index is 465. The number of hydrogen-bond acceptors (Lipinski definition) is 4. The van der Waals surface area contributed by atoms with Gasteiger partial charge in [-0.05, 0) is 12.1 Å². The molecule has 1 atom stereocenters. The van der Waals surface area contributed by atoms with Crippen LogP contribution in [0.25, 0.3) is 0 Å². The first-order valence-corrected chi connectivity index (χ1v) is 4.97. The van der Waals surface area contributed by atoms with Crippen LogP contribution in [0, 0.1) is 11.6 Å². The average molecular weight is 239 g/mol. The zero-order valence-corrected chi connectivity index (χ0v) is 8.82. The van der Waals surface area contributed by atoms with Crippen molar-refractivity contribution >= 4 is 0 Å². The molecular weight excluding hydrogens is 228 g/mol. The van der Waals surface area contributed by atoms with Gasteiger partial charge < -0.3 is 0 Å². The van der Waals surface area contributed by atoms with Crippen LogP contribution in [0.4, 0.5) is 8.78 Å². The van der Waals surface area contributed by atoms with E-state index in [9.17, 15) is 8.78 Å². The lowest BCUT2D eigenvalue weighted by molar-refractivity contribution is 0.492. The fourth-order valence-corrected chi connectivity index (χ4v) is 1.56. The molecule has 0 amide bonds. The molecule has 0 aliphatic carbocycles. The van der Waals surface area contributed by atoms with E-state index in [1.54, 1.807) is 0 Å². The normalized spacial score (nSPS) is 12.6. The maximum atomic E-state index is 13.4. The molecule has 2 rings (SSSR count). The van der Waals surface area contributed by atoms with E-state index in [0.29, 0.717) is 5.69 Å². The average Bonchev–Trinajstić information content (AvgIpc) is 2.82. The van der Waals surface area contributed by atoms with Gasteiger partial charge in [0.2, 0.25) is 0 Å². The van der Waals surface area contributed by atoms with Gasteiger partial charge in [-0.15, -0.1) is 0 Å². The van der Waals surface area contributed by atoms with Gasteiger partial charge in [0.1, 0.15) is 17.3 Å². The Kier molecular flexibility index (Phi) is 3.40. The first-order valence-electron chi connectivity index (χ1n) is 4.97. The van der Waals surface area contributed by atoms with E-state index in [4.69, 9.17) is 5.84 Å². The molecule has 0 radical (unpaired) electrons. The number of halogens is 2. The number of rotatable bonds is 4. The highest BCUT2D eigenvalue weighted by molar-refractivity contribution is 5.22. The zero-order chi connectivity index (χ0) is 12.3. The number of hydrazine groups is 1. The summed E-state index contributed by atoms with van der Waals surface area (Å²) in [5.41, 5.74) is 2.92. The van der Waals surface area contributed by atoms with Gasteiger partial charge in [0, 0.05) is 12.0 Å². The summed E-state index contributed by atoms with van der Waals surface area (Å²) in [7, 11) is 0. The van der Waals surface area contributed by atoms with Crippen molar-refractivity contribution in [1.29, 1.82) is 0 Å². The van der Waals surface area contributed by atoms with E-state index >= 15 is 0 Å². The smallest absolute Gasteiger partial charge is 0.129 e. The van der Waals surface area contributed by atoms with E-state index in [1.807, 2.05) is 0 Å². The maximum absolute atomic E-state index is 13.4. The second-order valence-electron chi connectivity index (χ2n) is 3.52. The Morgan fingerprint density at radius 1 is 1.35 bits per heavy atom. The molecule has 1 aromatic heterocycles. The third kappa shape index (κ3) is 2.45. The Hall–Kier alpha value is -1.86. The molecule has 0 spiro atoms. The second kappa shape index (κ2) is 4.98. The molecule has 0 aliphatic heterocycles. The van der Waals surface area contributed by atoms with Gasteiger partial charge in [0.15, 0.2) is 0 Å². The lowest BCUT2D eigenvalue weighted by Crippen LogP contribution is -2.30. The highest BCUT2D eigenvalue weighted by atomic mass is 19.1. The molecule has 0 bridgehead atoms. The number of H-pyrrole nitrogens is 1. The summed E-state index contributed by atoms with van der Waals surface area (Å²) < 4.78 is 26.9. The van der Waals surface area contributed by atoms with Gasteiger partial charge in [0.05, 0.1) is 12.2 Å². The molecule has 1 aromatic carbocycles. The molecule has 5 nitrogen and oxygen atoms in total. The van der Waals surface area contributed by atoms with Crippen molar-refractivity contribution in [1.82, 2.24) is 20.8 Å². The van der Waals surface area contributed by atoms with E-state index in [2.05, 4.69) is 20.8 Å². The van der Waals surface area contributed by atoms with Crippen molar-refractivity contribution in [3.63, 3.8) is 0 Å². The number of nitrogens with two attached hydrogens (primary N) is 1. The summed E-state index contributed by atoms with van der Waals surface area (Å²) >= 11 is 0. The predicted molar refractivity (Wildman–Crippen MR) is 56.5 cm³/mol. The van der Waals surface area contributed by atoms with Crippen LogP contribution in [0.5, 0.6) is 0 Å². The number of benzene rings is 1. The summed E-state index contributed by atoms with van der Waals surface area (Å²) in [4.78, 5) is 0. The van der Waals surface area contributed by atoms with Gasteiger partial charge in [-0.25, -0.2) is 8.78 Å². The van der Waals surface area contributed by atoms with Crippen molar-refractivity contribution in [2.45, 2.75) is 12.5 Å². The largest absolute Gasteiger partial charge is 0.271 e. The summed E-state index contributed by atoms with van der Waals surface area (Å²) in [6, 6.07) is 3.22. The Labute approximate surface area is 96.0 Å². The first kappa shape index (κ1) is 11.6. The van der Waals surface area contributed by atoms with Crippen molar-refractivity contribution < 1.29 is 8.78 Å². The molecule has 0 saturated heterocycles. The number of aromatic nitrogens is 3. The number of aromatic amines is 1. The highest BCUT2D eigenvalue weighted by Gasteiger charge is 2.18. The molecule has 0 aliphatic rings. The molecule has 0 saturated carbocycles. The van der Waals surface area contributed by atoms with Crippen molar-refractivity contribution in [3.8, 4) is 0 Å². The van der Waals surface area contributed by atoms with Gasteiger partial charge in [-0.2, -0.15) is 15.4 Å². The van der Waals surface area contributed by atoms with Crippen LogP contribution in [0.2, 0.25) is 0 Å². The van der Waals surface area contributed by atoms with E-state index in [1.165, 1.54) is 24.4 Å². The van der Waals surface area contributed by atoms with Crippen LogP contribution in [0.1, 0.15) is 17.3 Å². The van der Waals surface area contributed by atoms with Crippen LogP contribution in [0.3, 0.4) is 0 Å². The van der Waals surface area contributed by atoms with Gasteiger partial charge >= 0.3 is 0 Å². The van der Waals surface area contributed by atoms with Crippen molar-refractivity contribution in [2.75, 3.05) is 0 Å². The summed E-state index contributed by atoms with van der Waals surface area (Å²) in [6.45, 7) is 0. The van der Waals surface area contributed by atoms with Gasteiger partial charge in [0.25, 0.3) is 0 Å². The SMILES string of the molecule is NNC(Cc1c(F)cccc1F)c1cn[nH]n1. The van der Waals surface area contributed by atoms with Crippen molar-refractivity contribution in [2.24, 2.45) is 5.84 Å². The van der Waals surface area contributed by atoms with Crippen LogP contribution in [-0.4, -0.2) is 15.4 Å². The molecule has 1 heterocycles. The van der Waals surface area contributed by atoms with Crippen LogP contribution < -0.4 is 11.3 Å². The van der Waals surface area contributed by atoms with E-state index in [-0.39, 0.29) is 12.0 Å². The third-order valence-corrected chi connectivity index (χ3v) is 2.46. The molecule has 1 unspecified atom stereocenters. The lowest BCUT2D eigenvalue weighted by Gasteiger charge is -2.13.